The lowest BCUT2D eigenvalue weighted by molar-refractivity contribution is -0.131. The van der Waals surface area contributed by atoms with Gasteiger partial charge in [0.2, 0.25) is 0 Å². The first kappa shape index (κ1) is 16.4. The van der Waals surface area contributed by atoms with Crippen molar-refractivity contribution < 1.29 is 23.1 Å². The highest BCUT2D eigenvalue weighted by Gasteiger charge is 2.49. The van der Waals surface area contributed by atoms with Crippen molar-refractivity contribution in [1.82, 2.24) is 10.2 Å². The van der Waals surface area contributed by atoms with Crippen molar-refractivity contribution in [2.24, 2.45) is 0 Å². The topological polar surface area (TPSA) is 58.6 Å². The van der Waals surface area contributed by atoms with Gasteiger partial charge in [-0.05, 0) is 36.1 Å². The molecule has 0 bridgehead atoms. The largest absolute Gasteiger partial charge is 0.435 e. The first-order valence-corrected chi connectivity index (χ1v) is 8.00. The number of carbonyl (C=O) groups excluding carboxylic acids is 2. The van der Waals surface area contributed by atoms with Crippen LogP contribution in [0.1, 0.15) is 17.4 Å². The summed E-state index contributed by atoms with van der Waals surface area (Å²) in [5, 5.41) is 4.52. The Labute approximate surface area is 140 Å². The molecule has 5 nitrogen and oxygen atoms in total. The number of benzene rings is 1. The monoisotopic (exact) mass is 352 g/mol. The number of nitrogens with zero attached hydrogens (tertiary/aromatic N) is 1. The predicted molar refractivity (Wildman–Crippen MR) is 83.8 cm³/mol. The summed E-state index contributed by atoms with van der Waals surface area (Å²) in [4.78, 5) is 26.7. The standard InChI is InChI=1S/C16H14F2N2O3S/c1-16(12-6-3-7-24-12)13(21)20(15(22)19-16)9-10-4-2-5-11(8-10)23-14(17)18/h2-8,14H,9H2,1H3,(H,19,22). The van der Waals surface area contributed by atoms with Crippen LogP contribution in [0.4, 0.5) is 13.6 Å². The summed E-state index contributed by atoms with van der Waals surface area (Å²) in [6.07, 6.45) is 0. The summed E-state index contributed by atoms with van der Waals surface area (Å²) in [6.45, 7) is -1.30. The molecule has 0 aliphatic carbocycles. The molecule has 2 heterocycles. The van der Waals surface area contributed by atoms with Crippen LogP contribution in [0, 0.1) is 0 Å². The molecule has 1 atom stereocenters. The summed E-state index contributed by atoms with van der Waals surface area (Å²) in [7, 11) is 0. The van der Waals surface area contributed by atoms with E-state index >= 15 is 0 Å². The predicted octanol–water partition coefficient (Wildman–Crippen LogP) is 3.32. The minimum atomic E-state index is -2.93. The van der Waals surface area contributed by atoms with Crippen LogP contribution in [0.5, 0.6) is 5.75 Å². The fraction of sp³-hybridized carbons (Fsp3) is 0.250. The van der Waals surface area contributed by atoms with E-state index in [0.717, 1.165) is 9.78 Å². The highest BCUT2D eigenvalue weighted by atomic mass is 32.1. The number of nitrogens with one attached hydrogen (secondary N) is 1. The molecule has 3 rings (SSSR count). The Kier molecular flexibility index (Phi) is 4.23. The lowest BCUT2D eigenvalue weighted by atomic mass is 10.0. The van der Waals surface area contributed by atoms with Gasteiger partial charge >= 0.3 is 12.6 Å². The zero-order valence-electron chi connectivity index (χ0n) is 12.7. The number of carbonyl (C=O) groups is 2. The second-order valence-electron chi connectivity index (χ2n) is 5.45. The number of ether oxygens (including phenoxy) is 1. The van der Waals surface area contributed by atoms with Crippen LogP contribution in [0.15, 0.2) is 41.8 Å². The summed E-state index contributed by atoms with van der Waals surface area (Å²) in [6, 6.07) is 9.01. The van der Waals surface area contributed by atoms with Crippen molar-refractivity contribution in [2.75, 3.05) is 0 Å². The second-order valence-corrected chi connectivity index (χ2v) is 6.40. The van der Waals surface area contributed by atoms with Gasteiger partial charge in [-0.3, -0.25) is 9.69 Å². The van der Waals surface area contributed by atoms with Gasteiger partial charge in [-0.25, -0.2) is 4.79 Å². The van der Waals surface area contributed by atoms with Crippen LogP contribution in [0.25, 0.3) is 0 Å². The summed E-state index contributed by atoms with van der Waals surface area (Å²) < 4.78 is 28.9. The normalized spacial score (nSPS) is 20.6. The Bertz CT molecular complexity index is 766. The van der Waals surface area contributed by atoms with E-state index in [1.165, 1.54) is 29.5 Å². The molecule has 1 saturated heterocycles. The van der Waals surface area contributed by atoms with Gasteiger partial charge in [0.1, 0.15) is 5.75 Å². The first-order valence-electron chi connectivity index (χ1n) is 7.12. The van der Waals surface area contributed by atoms with E-state index < -0.39 is 18.2 Å². The number of amides is 3. The minimum Gasteiger partial charge on any atom is -0.435 e. The number of hydrogen-bond donors (Lipinski definition) is 1. The first-order chi connectivity index (χ1) is 11.4. The Morgan fingerprint density at radius 1 is 1.29 bits per heavy atom. The van der Waals surface area contributed by atoms with E-state index in [1.807, 2.05) is 5.38 Å². The third kappa shape index (κ3) is 2.96. The van der Waals surface area contributed by atoms with Gasteiger partial charge in [0, 0.05) is 4.88 Å². The molecule has 1 aliphatic heterocycles. The zero-order chi connectivity index (χ0) is 17.3. The van der Waals surface area contributed by atoms with Crippen molar-refractivity contribution in [3.63, 3.8) is 0 Å². The molecule has 24 heavy (non-hydrogen) atoms. The Morgan fingerprint density at radius 2 is 2.08 bits per heavy atom. The van der Waals surface area contributed by atoms with E-state index in [4.69, 9.17) is 0 Å². The molecule has 0 radical (unpaired) electrons. The maximum Gasteiger partial charge on any atom is 0.387 e. The maximum atomic E-state index is 12.7. The van der Waals surface area contributed by atoms with E-state index in [0.29, 0.717) is 5.56 Å². The van der Waals surface area contributed by atoms with Gasteiger partial charge in [0.05, 0.1) is 6.54 Å². The van der Waals surface area contributed by atoms with Crippen LogP contribution < -0.4 is 10.1 Å². The molecule has 1 N–H and O–H groups in total. The number of thiophene rings is 1. The van der Waals surface area contributed by atoms with Crippen molar-refractivity contribution in [1.29, 1.82) is 0 Å². The molecular formula is C16H14F2N2O3S. The molecule has 1 fully saturated rings. The molecule has 126 valence electrons. The van der Waals surface area contributed by atoms with Gasteiger partial charge in [-0.15, -0.1) is 11.3 Å². The summed E-state index contributed by atoms with van der Waals surface area (Å²) >= 11 is 1.38. The Morgan fingerprint density at radius 3 is 2.75 bits per heavy atom. The number of urea groups is 1. The SMILES string of the molecule is CC1(c2cccs2)NC(=O)N(Cc2cccc(OC(F)F)c2)C1=O. The van der Waals surface area contributed by atoms with Gasteiger partial charge in [-0.1, -0.05) is 18.2 Å². The second kappa shape index (κ2) is 6.20. The molecule has 0 spiro atoms. The minimum absolute atomic E-state index is 0.0180. The lowest BCUT2D eigenvalue weighted by Crippen LogP contribution is -2.40. The molecule has 1 aliphatic rings. The zero-order valence-corrected chi connectivity index (χ0v) is 13.5. The molecule has 0 saturated carbocycles. The van der Waals surface area contributed by atoms with Gasteiger partial charge in [0.15, 0.2) is 5.54 Å². The summed E-state index contributed by atoms with van der Waals surface area (Å²) in [5.41, 5.74) is -0.588. The molecule has 2 aromatic rings. The van der Waals surface area contributed by atoms with Crippen LogP contribution in [0.2, 0.25) is 0 Å². The molecule has 1 aromatic heterocycles. The fourth-order valence-corrected chi connectivity index (χ4v) is 3.41. The number of imide groups is 1. The van der Waals surface area contributed by atoms with Crippen molar-refractivity contribution in [2.45, 2.75) is 25.6 Å². The third-order valence-corrected chi connectivity index (χ3v) is 4.84. The average Bonchev–Trinajstić information content (AvgIpc) is 3.12. The van der Waals surface area contributed by atoms with Crippen LogP contribution in [-0.2, 0) is 16.9 Å². The lowest BCUT2D eigenvalue weighted by Gasteiger charge is -2.20. The van der Waals surface area contributed by atoms with E-state index in [9.17, 15) is 18.4 Å². The number of alkyl halides is 2. The maximum absolute atomic E-state index is 12.7. The van der Waals surface area contributed by atoms with Crippen molar-refractivity contribution in [3.8, 4) is 5.75 Å². The van der Waals surface area contributed by atoms with Crippen LogP contribution in [-0.4, -0.2) is 23.4 Å². The van der Waals surface area contributed by atoms with Crippen molar-refractivity contribution in [3.05, 3.63) is 52.2 Å². The van der Waals surface area contributed by atoms with Crippen molar-refractivity contribution >= 4 is 23.3 Å². The molecule has 1 unspecified atom stereocenters. The number of rotatable bonds is 5. The third-order valence-electron chi connectivity index (χ3n) is 3.75. The van der Waals surface area contributed by atoms with Gasteiger partial charge in [0.25, 0.3) is 5.91 Å². The van der Waals surface area contributed by atoms with Gasteiger partial charge < -0.3 is 10.1 Å². The smallest absolute Gasteiger partial charge is 0.387 e. The van der Waals surface area contributed by atoms with E-state index in [-0.39, 0.29) is 18.2 Å². The molecular weight excluding hydrogens is 338 g/mol. The van der Waals surface area contributed by atoms with Gasteiger partial charge in [-0.2, -0.15) is 8.78 Å². The Hall–Kier alpha value is -2.48. The number of halogens is 2. The van der Waals surface area contributed by atoms with Crippen LogP contribution in [0.3, 0.4) is 0 Å². The van der Waals surface area contributed by atoms with Crippen LogP contribution >= 0.6 is 11.3 Å². The molecule has 8 heteroatoms. The number of hydrogen-bond acceptors (Lipinski definition) is 4. The van der Waals surface area contributed by atoms with E-state index in [1.54, 1.807) is 25.1 Å². The highest BCUT2D eigenvalue weighted by Crippen LogP contribution is 2.32. The fourth-order valence-electron chi connectivity index (χ4n) is 2.57. The molecule has 1 aromatic carbocycles. The average molecular weight is 352 g/mol. The quantitative estimate of drug-likeness (QED) is 0.840. The Balaban J connectivity index is 1.81. The highest BCUT2D eigenvalue weighted by molar-refractivity contribution is 7.10. The van der Waals surface area contributed by atoms with E-state index in [2.05, 4.69) is 10.1 Å². The molecule has 3 amide bonds. The summed E-state index contributed by atoms with van der Waals surface area (Å²) in [5.74, 6) is -0.397.